The van der Waals surface area contributed by atoms with E-state index in [0.717, 1.165) is 12.8 Å². The molecule has 0 aromatic rings. The first-order valence-corrected chi connectivity index (χ1v) is 6.61. The molecule has 102 valence electrons. The highest BCUT2D eigenvalue weighted by molar-refractivity contribution is 5.86. The van der Waals surface area contributed by atoms with Crippen molar-refractivity contribution in [1.82, 2.24) is 0 Å². The molecule has 5 unspecified atom stereocenters. The third-order valence-electron chi connectivity index (χ3n) is 4.95. The van der Waals surface area contributed by atoms with E-state index in [4.69, 9.17) is 5.11 Å². The minimum absolute atomic E-state index is 0.0366. The second-order valence-electron chi connectivity index (χ2n) is 6.22. The molecule has 3 N–H and O–H groups in total. The Morgan fingerprint density at radius 1 is 1.33 bits per heavy atom. The van der Waals surface area contributed by atoms with Crippen LogP contribution >= 0.6 is 0 Å². The summed E-state index contributed by atoms with van der Waals surface area (Å²) in [5, 5.41) is 28.9. The Labute approximate surface area is 107 Å². The zero-order valence-electron chi connectivity index (χ0n) is 10.8. The van der Waals surface area contributed by atoms with Crippen LogP contribution in [-0.4, -0.2) is 33.5 Å². The van der Waals surface area contributed by atoms with Crippen LogP contribution < -0.4 is 0 Å². The fourth-order valence-electron chi connectivity index (χ4n) is 3.83. The molecule has 2 fully saturated rings. The molecule has 0 aliphatic heterocycles. The van der Waals surface area contributed by atoms with Crippen LogP contribution in [0.5, 0.6) is 0 Å². The number of carboxylic acid groups (broad SMARTS) is 1. The van der Waals surface area contributed by atoms with Gasteiger partial charge in [-0.25, -0.2) is 4.79 Å². The predicted octanol–water partition coefficient (Wildman–Crippen LogP) is 1.57. The molecule has 0 aromatic heterocycles. The Balaban J connectivity index is 2.13. The summed E-state index contributed by atoms with van der Waals surface area (Å²) in [6, 6.07) is 0. The molecule has 2 rings (SSSR count). The minimum Gasteiger partial charge on any atom is -0.478 e. The van der Waals surface area contributed by atoms with Crippen molar-refractivity contribution < 1.29 is 20.1 Å². The van der Waals surface area contributed by atoms with Crippen LogP contribution in [-0.2, 0) is 4.79 Å². The average Bonchev–Trinajstić information content (AvgIpc) is 2.26. The van der Waals surface area contributed by atoms with Crippen molar-refractivity contribution in [3.63, 3.8) is 0 Å². The maximum Gasteiger partial charge on any atom is 0.331 e. The quantitative estimate of drug-likeness (QED) is 0.654. The first-order valence-electron chi connectivity index (χ1n) is 6.61. The van der Waals surface area contributed by atoms with Gasteiger partial charge in [-0.3, -0.25) is 0 Å². The first-order chi connectivity index (χ1) is 8.33. The second-order valence-corrected chi connectivity index (χ2v) is 6.22. The Bertz CT molecular complexity index is 365. The number of fused-ring (bicyclic) bond motifs is 1. The van der Waals surface area contributed by atoms with Gasteiger partial charge in [-0.05, 0) is 49.4 Å². The summed E-state index contributed by atoms with van der Waals surface area (Å²) in [4.78, 5) is 11.0. The summed E-state index contributed by atoms with van der Waals surface area (Å²) >= 11 is 0. The number of hydrogen-bond acceptors (Lipinski definition) is 3. The van der Waals surface area contributed by atoms with Crippen LogP contribution in [0.3, 0.4) is 0 Å². The van der Waals surface area contributed by atoms with Gasteiger partial charge in [0.25, 0.3) is 0 Å². The molecule has 0 spiro atoms. The fraction of sp³-hybridized carbons (Fsp3) is 0.786. The maximum atomic E-state index is 11.0. The Morgan fingerprint density at radius 3 is 2.61 bits per heavy atom. The van der Waals surface area contributed by atoms with E-state index in [0.29, 0.717) is 19.3 Å². The van der Waals surface area contributed by atoms with Crippen LogP contribution in [0.4, 0.5) is 0 Å². The lowest BCUT2D eigenvalue weighted by molar-refractivity contribution is -0.135. The molecule has 4 heteroatoms. The van der Waals surface area contributed by atoms with E-state index in [-0.39, 0.29) is 22.8 Å². The fourth-order valence-corrected chi connectivity index (χ4v) is 3.83. The highest BCUT2D eigenvalue weighted by Crippen LogP contribution is 2.52. The van der Waals surface area contributed by atoms with Gasteiger partial charge in [0.2, 0.25) is 0 Å². The van der Waals surface area contributed by atoms with Crippen molar-refractivity contribution in [2.75, 3.05) is 0 Å². The van der Waals surface area contributed by atoms with E-state index in [1.165, 1.54) is 0 Å². The molecule has 0 saturated heterocycles. The van der Waals surface area contributed by atoms with Gasteiger partial charge >= 0.3 is 5.97 Å². The van der Waals surface area contributed by atoms with Gasteiger partial charge in [-0.15, -0.1) is 0 Å². The van der Waals surface area contributed by atoms with E-state index < -0.39 is 18.2 Å². The maximum absolute atomic E-state index is 11.0. The average molecular weight is 254 g/mol. The number of hydrogen-bond donors (Lipinski definition) is 3. The van der Waals surface area contributed by atoms with Gasteiger partial charge in [-0.2, -0.15) is 0 Å². The van der Waals surface area contributed by atoms with E-state index in [1.807, 2.05) is 0 Å². The summed E-state index contributed by atoms with van der Waals surface area (Å²) in [7, 11) is 0. The SMILES string of the molecule is C=C(C(=O)O)C1CCC2(C)CC(O)CC(O)C2C1. The second kappa shape index (κ2) is 4.67. The standard InChI is InChI=1S/C14H22O4/c1-8(13(17)18)9-3-4-14(2)7-10(15)6-12(16)11(14)5-9/h9-12,15-16H,1,3-7H2,2H3,(H,17,18). The van der Waals surface area contributed by atoms with Crippen molar-refractivity contribution in [3.8, 4) is 0 Å². The van der Waals surface area contributed by atoms with Crippen LogP contribution in [0.15, 0.2) is 12.2 Å². The highest BCUT2D eigenvalue weighted by atomic mass is 16.4. The Morgan fingerprint density at radius 2 is 2.00 bits per heavy atom. The number of carboxylic acids is 1. The summed E-state index contributed by atoms with van der Waals surface area (Å²) in [5.41, 5.74) is 0.196. The van der Waals surface area contributed by atoms with Gasteiger partial charge in [0.15, 0.2) is 0 Å². The molecule has 0 amide bonds. The zero-order chi connectivity index (χ0) is 13.5. The van der Waals surface area contributed by atoms with Crippen molar-refractivity contribution in [2.24, 2.45) is 17.3 Å². The Kier molecular flexibility index (Phi) is 3.52. The molecule has 2 aliphatic carbocycles. The number of aliphatic hydroxyl groups excluding tert-OH is 2. The van der Waals surface area contributed by atoms with Crippen molar-refractivity contribution in [1.29, 1.82) is 0 Å². The molecular weight excluding hydrogens is 232 g/mol. The molecule has 0 heterocycles. The largest absolute Gasteiger partial charge is 0.478 e. The third kappa shape index (κ3) is 2.31. The Hall–Kier alpha value is -0.870. The molecular formula is C14H22O4. The molecule has 0 radical (unpaired) electrons. The minimum atomic E-state index is -0.936. The molecule has 4 nitrogen and oxygen atoms in total. The lowest BCUT2D eigenvalue weighted by Crippen LogP contribution is -2.49. The summed E-state index contributed by atoms with van der Waals surface area (Å²) in [5.74, 6) is -0.893. The van der Waals surface area contributed by atoms with Crippen LogP contribution in [0.2, 0.25) is 0 Å². The molecule has 18 heavy (non-hydrogen) atoms. The molecule has 0 aromatic carbocycles. The molecule has 2 aliphatic rings. The van der Waals surface area contributed by atoms with Crippen LogP contribution in [0.1, 0.15) is 39.0 Å². The lowest BCUT2D eigenvalue weighted by Gasteiger charge is -2.51. The first kappa shape index (κ1) is 13.6. The van der Waals surface area contributed by atoms with Gasteiger partial charge in [0.05, 0.1) is 12.2 Å². The van der Waals surface area contributed by atoms with Crippen molar-refractivity contribution in [2.45, 2.75) is 51.2 Å². The smallest absolute Gasteiger partial charge is 0.331 e. The summed E-state index contributed by atoms with van der Waals surface area (Å²) in [6.07, 6.45) is 2.48. The number of aliphatic hydroxyl groups is 2. The van der Waals surface area contributed by atoms with E-state index in [9.17, 15) is 15.0 Å². The summed E-state index contributed by atoms with van der Waals surface area (Å²) in [6.45, 7) is 5.75. The van der Waals surface area contributed by atoms with Crippen molar-refractivity contribution in [3.05, 3.63) is 12.2 Å². The van der Waals surface area contributed by atoms with Crippen LogP contribution in [0.25, 0.3) is 0 Å². The highest BCUT2D eigenvalue weighted by Gasteiger charge is 2.48. The van der Waals surface area contributed by atoms with Gasteiger partial charge in [-0.1, -0.05) is 13.5 Å². The van der Waals surface area contributed by atoms with Gasteiger partial charge in [0, 0.05) is 5.57 Å². The van der Waals surface area contributed by atoms with E-state index >= 15 is 0 Å². The van der Waals surface area contributed by atoms with Crippen LogP contribution in [0, 0.1) is 17.3 Å². The van der Waals surface area contributed by atoms with E-state index in [1.54, 1.807) is 0 Å². The molecule has 5 atom stereocenters. The normalized spacial score (nSPS) is 44.2. The number of carbonyl (C=O) groups is 1. The lowest BCUT2D eigenvalue weighted by atomic mass is 9.56. The monoisotopic (exact) mass is 254 g/mol. The van der Waals surface area contributed by atoms with Crippen molar-refractivity contribution >= 4 is 5.97 Å². The molecule has 2 saturated carbocycles. The van der Waals surface area contributed by atoms with E-state index in [2.05, 4.69) is 13.5 Å². The van der Waals surface area contributed by atoms with Gasteiger partial charge in [0.1, 0.15) is 0 Å². The number of aliphatic carboxylic acids is 1. The topological polar surface area (TPSA) is 77.8 Å². The predicted molar refractivity (Wildman–Crippen MR) is 67.0 cm³/mol. The van der Waals surface area contributed by atoms with Gasteiger partial charge < -0.3 is 15.3 Å². The molecule has 0 bridgehead atoms. The summed E-state index contributed by atoms with van der Waals surface area (Å²) < 4.78 is 0. The third-order valence-corrected chi connectivity index (χ3v) is 4.95. The number of rotatable bonds is 2. The zero-order valence-corrected chi connectivity index (χ0v) is 10.8.